The Hall–Kier alpha value is -1.69. The molecule has 2 aliphatic heterocycles. The van der Waals surface area contributed by atoms with Crippen molar-refractivity contribution in [3.05, 3.63) is 57.8 Å². The number of carbonyl (C=O) groups excluding carboxylic acids is 1. The van der Waals surface area contributed by atoms with Gasteiger partial charge in [-0.25, -0.2) is 0 Å². The van der Waals surface area contributed by atoms with Crippen LogP contribution in [0.4, 0.5) is 0 Å². The van der Waals surface area contributed by atoms with Crippen molar-refractivity contribution in [2.75, 3.05) is 19.7 Å². The van der Waals surface area contributed by atoms with Crippen molar-refractivity contribution in [3.8, 4) is 0 Å². The van der Waals surface area contributed by atoms with Gasteiger partial charge in [0.25, 0.3) is 0 Å². The van der Waals surface area contributed by atoms with Crippen LogP contribution in [0.3, 0.4) is 0 Å². The van der Waals surface area contributed by atoms with Crippen LogP contribution in [0.5, 0.6) is 0 Å². The van der Waals surface area contributed by atoms with Crippen molar-refractivity contribution in [1.82, 2.24) is 10.2 Å². The molecule has 0 bridgehead atoms. The Bertz CT molecular complexity index is 796. The summed E-state index contributed by atoms with van der Waals surface area (Å²) in [5.74, 6) is 0.604. The number of nitrogens with zero attached hydrogens (tertiary/aromatic N) is 1. The van der Waals surface area contributed by atoms with E-state index >= 15 is 0 Å². The summed E-state index contributed by atoms with van der Waals surface area (Å²) < 4.78 is 6.29. The molecule has 4 nitrogen and oxygen atoms in total. The van der Waals surface area contributed by atoms with Crippen molar-refractivity contribution in [1.29, 1.82) is 0 Å². The molecule has 2 saturated heterocycles. The van der Waals surface area contributed by atoms with E-state index in [1.54, 1.807) is 0 Å². The molecule has 1 aromatic heterocycles. The predicted molar refractivity (Wildman–Crippen MR) is 118 cm³/mol. The number of nitrogens with one attached hydrogen (secondary N) is 1. The normalized spacial score (nSPS) is 21.9. The van der Waals surface area contributed by atoms with Gasteiger partial charge in [0.15, 0.2) is 0 Å². The van der Waals surface area contributed by atoms with Gasteiger partial charge in [-0.15, -0.1) is 11.3 Å². The van der Waals surface area contributed by atoms with Crippen molar-refractivity contribution in [3.63, 3.8) is 0 Å². The summed E-state index contributed by atoms with van der Waals surface area (Å²) in [5, 5.41) is 3.09. The van der Waals surface area contributed by atoms with Crippen LogP contribution < -0.4 is 5.32 Å². The topological polar surface area (TPSA) is 41.6 Å². The molecule has 0 aliphatic carbocycles. The highest BCUT2D eigenvalue weighted by atomic mass is 32.1. The number of hydrogen-bond donors (Lipinski definition) is 1. The van der Waals surface area contributed by atoms with Crippen LogP contribution >= 0.6 is 11.3 Å². The lowest BCUT2D eigenvalue weighted by molar-refractivity contribution is -0.136. The van der Waals surface area contributed by atoms with Crippen LogP contribution in [0.1, 0.15) is 47.4 Å². The average Bonchev–Trinajstić information content (AvgIpc) is 3.14. The molecule has 5 heteroatoms. The quantitative estimate of drug-likeness (QED) is 0.758. The van der Waals surface area contributed by atoms with Crippen LogP contribution in [-0.2, 0) is 22.6 Å². The van der Waals surface area contributed by atoms with E-state index in [9.17, 15) is 4.79 Å². The van der Waals surface area contributed by atoms with Crippen LogP contribution in [0, 0.1) is 12.8 Å². The maximum Gasteiger partial charge on any atom is 0.220 e. The molecule has 2 fully saturated rings. The number of amides is 1. The number of piperidine rings is 1. The minimum absolute atomic E-state index is 0.00943. The van der Waals surface area contributed by atoms with E-state index in [0.717, 1.165) is 57.5 Å². The second-order valence-corrected chi connectivity index (χ2v) is 10.0. The molecule has 1 aromatic carbocycles. The number of ether oxygens (including phenoxy) is 1. The van der Waals surface area contributed by atoms with E-state index in [1.165, 1.54) is 9.75 Å². The standard InChI is InChI=1S/C24H32N2O2S/c1-19-7-8-22(29-19)18-26-12-10-24(11-13-26)16-21(9-14-28-24)15-23(27)25-17-20-5-3-2-4-6-20/h2-8,21H,9-18H2,1H3,(H,25,27). The van der Waals surface area contributed by atoms with Gasteiger partial charge in [-0.1, -0.05) is 30.3 Å². The van der Waals surface area contributed by atoms with Crippen LogP contribution in [0.15, 0.2) is 42.5 Å². The minimum atomic E-state index is -0.00943. The molecule has 1 spiro atoms. The highest BCUT2D eigenvalue weighted by molar-refractivity contribution is 7.11. The largest absolute Gasteiger partial charge is 0.375 e. The third-order valence-corrected chi connectivity index (χ3v) is 7.33. The van der Waals surface area contributed by atoms with Crippen LogP contribution in [-0.4, -0.2) is 36.1 Å². The third kappa shape index (κ3) is 5.68. The van der Waals surface area contributed by atoms with Gasteiger partial charge >= 0.3 is 0 Å². The highest BCUT2D eigenvalue weighted by Crippen LogP contribution is 2.39. The minimum Gasteiger partial charge on any atom is -0.375 e. The molecule has 0 saturated carbocycles. The summed E-state index contributed by atoms with van der Waals surface area (Å²) in [4.78, 5) is 17.8. The van der Waals surface area contributed by atoms with E-state index in [1.807, 2.05) is 29.5 Å². The first-order chi connectivity index (χ1) is 14.1. The van der Waals surface area contributed by atoms with E-state index in [2.05, 4.69) is 41.4 Å². The second-order valence-electron chi connectivity index (χ2n) is 8.65. The second kappa shape index (κ2) is 9.41. The van der Waals surface area contributed by atoms with Crippen molar-refractivity contribution in [2.24, 2.45) is 5.92 Å². The lowest BCUT2D eigenvalue weighted by Gasteiger charge is -2.46. The highest BCUT2D eigenvalue weighted by Gasteiger charge is 2.40. The lowest BCUT2D eigenvalue weighted by atomic mass is 9.78. The Morgan fingerprint density at radius 2 is 2.00 bits per heavy atom. The Morgan fingerprint density at radius 3 is 2.72 bits per heavy atom. The molecule has 2 aromatic rings. The number of carbonyl (C=O) groups is 1. The number of hydrogen-bond acceptors (Lipinski definition) is 4. The van der Waals surface area contributed by atoms with Crippen molar-refractivity contribution >= 4 is 17.2 Å². The maximum atomic E-state index is 12.5. The predicted octanol–water partition coefficient (Wildman–Crippen LogP) is 4.52. The Balaban J connectivity index is 1.23. The lowest BCUT2D eigenvalue weighted by Crippen LogP contribution is -2.49. The molecular formula is C24H32N2O2S. The molecule has 1 unspecified atom stereocenters. The van der Waals surface area contributed by atoms with Gasteiger partial charge in [0.05, 0.1) is 5.60 Å². The zero-order valence-corrected chi connectivity index (χ0v) is 18.2. The molecule has 0 radical (unpaired) electrons. The molecule has 4 rings (SSSR count). The fraction of sp³-hybridized carbons (Fsp3) is 0.542. The molecule has 2 aliphatic rings. The van der Waals surface area contributed by atoms with Crippen molar-refractivity contribution < 1.29 is 9.53 Å². The summed E-state index contributed by atoms with van der Waals surface area (Å²) in [5.41, 5.74) is 1.14. The Kier molecular flexibility index (Phi) is 6.68. The SMILES string of the molecule is Cc1ccc(CN2CCC3(CC2)CC(CC(=O)NCc2ccccc2)CCO3)s1. The van der Waals surface area contributed by atoms with E-state index < -0.39 is 0 Å². The van der Waals surface area contributed by atoms with Crippen LogP contribution in [0.25, 0.3) is 0 Å². The Labute approximate surface area is 178 Å². The number of aryl methyl sites for hydroxylation is 1. The third-order valence-electron chi connectivity index (χ3n) is 6.34. The fourth-order valence-electron chi connectivity index (χ4n) is 4.69. The van der Waals surface area contributed by atoms with Gasteiger partial charge in [0, 0.05) is 49.0 Å². The number of thiophene rings is 1. The zero-order chi connectivity index (χ0) is 20.1. The molecule has 29 heavy (non-hydrogen) atoms. The molecule has 156 valence electrons. The summed E-state index contributed by atoms with van der Waals surface area (Å²) in [6.45, 7) is 6.81. The van der Waals surface area contributed by atoms with E-state index in [0.29, 0.717) is 18.9 Å². The van der Waals surface area contributed by atoms with E-state index in [-0.39, 0.29) is 11.5 Å². The molecule has 3 heterocycles. The van der Waals surface area contributed by atoms with Gasteiger partial charge in [-0.2, -0.15) is 0 Å². The van der Waals surface area contributed by atoms with Crippen molar-refractivity contribution in [2.45, 2.75) is 57.7 Å². The average molecular weight is 413 g/mol. The van der Waals surface area contributed by atoms with Crippen LogP contribution in [0.2, 0.25) is 0 Å². The monoisotopic (exact) mass is 412 g/mol. The summed E-state index contributed by atoms with van der Waals surface area (Å²) >= 11 is 1.90. The first-order valence-electron chi connectivity index (χ1n) is 10.8. The van der Waals surface area contributed by atoms with Gasteiger partial charge in [0.2, 0.25) is 5.91 Å². The zero-order valence-electron chi connectivity index (χ0n) is 17.4. The molecular weight excluding hydrogens is 380 g/mol. The van der Waals surface area contributed by atoms with Gasteiger partial charge in [0.1, 0.15) is 0 Å². The summed E-state index contributed by atoms with van der Waals surface area (Å²) in [6, 6.07) is 14.6. The van der Waals surface area contributed by atoms with Gasteiger partial charge < -0.3 is 10.1 Å². The van der Waals surface area contributed by atoms with Gasteiger partial charge in [-0.05, 0) is 56.2 Å². The number of likely N-dealkylation sites (tertiary alicyclic amines) is 1. The molecule has 1 N–H and O–H groups in total. The smallest absolute Gasteiger partial charge is 0.220 e. The first-order valence-corrected chi connectivity index (χ1v) is 11.6. The number of benzene rings is 1. The molecule has 1 atom stereocenters. The summed E-state index contributed by atoms with van der Waals surface area (Å²) in [7, 11) is 0. The van der Waals surface area contributed by atoms with Gasteiger partial charge in [-0.3, -0.25) is 9.69 Å². The molecule has 1 amide bonds. The first kappa shape index (κ1) is 20.6. The fourth-order valence-corrected chi connectivity index (χ4v) is 5.62. The number of rotatable bonds is 6. The van der Waals surface area contributed by atoms with E-state index in [4.69, 9.17) is 4.74 Å². The summed E-state index contributed by atoms with van der Waals surface area (Å²) in [6.07, 6.45) is 4.81. The maximum absolute atomic E-state index is 12.5. The Morgan fingerprint density at radius 1 is 1.21 bits per heavy atom.